The second kappa shape index (κ2) is 8.34. The third-order valence-corrected chi connectivity index (χ3v) is 4.91. The number of ether oxygens (including phenoxy) is 1. The standard InChI is InChI=1S/C18H23ClN2O4/c1-20-15(22)11-21(2)16(23)12-25-17(24)18(9-3-4-10-18)13-5-7-14(19)8-6-13/h5-8H,3-4,9-12H2,1-2H3,(H,20,22). The number of rotatable bonds is 6. The summed E-state index contributed by atoms with van der Waals surface area (Å²) in [5.74, 6) is -1.09. The highest BCUT2D eigenvalue weighted by molar-refractivity contribution is 6.30. The third-order valence-electron chi connectivity index (χ3n) is 4.66. The van der Waals surface area contributed by atoms with Gasteiger partial charge in [-0.05, 0) is 30.5 Å². The molecule has 0 radical (unpaired) electrons. The van der Waals surface area contributed by atoms with Crippen LogP contribution in [0.15, 0.2) is 24.3 Å². The summed E-state index contributed by atoms with van der Waals surface area (Å²) in [6, 6.07) is 7.20. The molecule has 0 atom stereocenters. The van der Waals surface area contributed by atoms with Crippen LogP contribution in [0.3, 0.4) is 0 Å². The van der Waals surface area contributed by atoms with Gasteiger partial charge in [0.25, 0.3) is 5.91 Å². The minimum atomic E-state index is -0.718. The number of benzene rings is 1. The fourth-order valence-corrected chi connectivity index (χ4v) is 3.24. The summed E-state index contributed by atoms with van der Waals surface area (Å²) in [7, 11) is 2.99. The van der Waals surface area contributed by atoms with Crippen LogP contribution in [0.1, 0.15) is 31.2 Å². The van der Waals surface area contributed by atoms with Crippen molar-refractivity contribution >= 4 is 29.4 Å². The number of nitrogens with zero attached hydrogens (tertiary/aromatic N) is 1. The summed E-state index contributed by atoms with van der Waals surface area (Å²) >= 11 is 5.94. The number of nitrogens with one attached hydrogen (secondary N) is 1. The van der Waals surface area contributed by atoms with Gasteiger partial charge in [0.15, 0.2) is 6.61 Å². The lowest BCUT2D eigenvalue weighted by molar-refractivity contribution is -0.157. The van der Waals surface area contributed by atoms with Crippen LogP contribution < -0.4 is 5.32 Å². The SMILES string of the molecule is CNC(=O)CN(C)C(=O)COC(=O)C1(c2ccc(Cl)cc2)CCCC1. The van der Waals surface area contributed by atoms with Crippen molar-refractivity contribution in [3.05, 3.63) is 34.9 Å². The van der Waals surface area contributed by atoms with Crippen LogP contribution in [0.4, 0.5) is 0 Å². The molecule has 1 fully saturated rings. The molecule has 0 aromatic heterocycles. The number of carbonyl (C=O) groups excluding carboxylic acids is 3. The van der Waals surface area contributed by atoms with Crippen LogP contribution in [0.25, 0.3) is 0 Å². The normalized spacial score (nSPS) is 15.5. The van der Waals surface area contributed by atoms with Crippen molar-refractivity contribution in [2.24, 2.45) is 0 Å². The predicted octanol–water partition coefficient (Wildman–Crippen LogP) is 1.90. The quantitative estimate of drug-likeness (QED) is 0.780. The van der Waals surface area contributed by atoms with Gasteiger partial charge in [0.2, 0.25) is 5.91 Å². The first-order valence-electron chi connectivity index (χ1n) is 8.27. The lowest BCUT2D eigenvalue weighted by Gasteiger charge is -2.27. The topological polar surface area (TPSA) is 75.7 Å². The molecule has 1 aliphatic carbocycles. The van der Waals surface area contributed by atoms with Gasteiger partial charge in [-0.15, -0.1) is 0 Å². The Bertz CT molecular complexity index is 639. The smallest absolute Gasteiger partial charge is 0.317 e. The van der Waals surface area contributed by atoms with Crippen molar-refractivity contribution in [1.82, 2.24) is 10.2 Å². The molecule has 0 unspecified atom stereocenters. The monoisotopic (exact) mass is 366 g/mol. The van der Waals surface area contributed by atoms with Crippen molar-refractivity contribution in [2.75, 3.05) is 27.2 Å². The van der Waals surface area contributed by atoms with E-state index >= 15 is 0 Å². The number of likely N-dealkylation sites (N-methyl/N-ethyl adjacent to an activating group) is 2. The van der Waals surface area contributed by atoms with E-state index in [1.165, 1.54) is 19.0 Å². The average molecular weight is 367 g/mol. The zero-order valence-electron chi connectivity index (χ0n) is 14.5. The molecule has 0 bridgehead atoms. The fourth-order valence-electron chi connectivity index (χ4n) is 3.12. The summed E-state index contributed by atoms with van der Waals surface area (Å²) in [6.07, 6.45) is 3.25. The van der Waals surface area contributed by atoms with Gasteiger partial charge in [0.1, 0.15) is 0 Å². The lowest BCUT2D eigenvalue weighted by atomic mass is 9.79. The van der Waals surface area contributed by atoms with Gasteiger partial charge in [0, 0.05) is 19.1 Å². The van der Waals surface area contributed by atoms with E-state index in [2.05, 4.69) is 5.32 Å². The van der Waals surface area contributed by atoms with E-state index in [4.69, 9.17) is 16.3 Å². The first-order chi connectivity index (χ1) is 11.9. The number of esters is 1. The molecule has 1 aliphatic rings. The maximum Gasteiger partial charge on any atom is 0.317 e. The van der Waals surface area contributed by atoms with Crippen LogP contribution in [-0.2, 0) is 24.5 Å². The molecule has 1 N–H and O–H groups in total. The molecule has 1 aromatic rings. The van der Waals surface area contributed by atoms with E-state index in [-0.39, 0.29) is 19.1 Å². The molecule has 0 aliphatic heterocycles. The first-order valence-corrected chi connectivity index (χ1v) is 8.64. The van der Waals surface area contributed by atoms with Gasteiger partial charge in [-0.25, -0.2) is 0 Å². The Kier molecular flexibility index (Phi) is 6.42. The summed E-state index contributed by atoms with van der Waals surface area (Å²) in [6.45, 7) is -0.448. The number of amides is 2. The first kappa shape index (κ1) is 19.2. The van der Waals surface area contributed by atoms with Gasteiger partial charge in [-0.1, -0.05) is 36.6 Å². The molecule has 1 saturated carbocycles. The van der Waals surface area contributed by atoms with E-state index in [0.29, 0.717) is 17.9 Å². The predicted molar refractivity (Wildman–Crippen MR) is 94.3 cm³/mol. The summed E-state index contributed by atoms with van der Waals surface area (Å²) in [5.41, 5.74) is 0.148. The van der Waals surface area contributed by atoms with E-state index in [0.717, 1.165) is 18.4 Å². The maximum absolute atomic E-state index is 12.8. The molecule has 0 spiro atoms. The fraction of sp³-hybridized carbons (Fsp3) is 0.500. The van der Waals surface area contributed by atoms with E-state index < -0.39 is 17.3 Å². The van der Waals surface area contributed by atoms with Gasteiger partial charge < -0.3 is 15.0 Å². The van der Waals surface area contributed by atoms with E-state index in [1.54, 1.807) is 12.1 Å². The molecule has 6 nitrogen and oxygen atoms in total. The number of hydrogen-bond acceptors (Lipinski definition) is 4. The van der Waals surface area contributed by atoms with Gasteiger partial charge in [-0.3, -0.25) is 14.4 Å². The Balaban J connectivity index is 2.03. The molecule has 0 saturated heterocycles. The summed E-state index contributed by atoms with van der Waals surface area (Å²) in [5, 5.41) is 3.05. The highest BCUT2D eigenvalue weighted by atomic mass is 35.5. The highest BCUT2D eigenvalue weighted by Crippen LogP contribution is 2.42. The van der Waals surface area contributed by atoms with Crippen LogP contribution in [0.2, 0.25) is 5.02 Å². The van der Waals surface area contributed by atoms with Gasteiger partial charge >= 0.3 is 5.97 Å². The van der Waals surface area contributed by atoms with Crippen LogP contribution in [0, 0.1) is 0 Å². The highest BCUT2D eigenvalue weighted by Gasteiger charge is 2.44. The van der Waals surface area contributed by atoms with Gasteiger partial charge in [-0.2, -0.15) is 0 Å². The van der Waals surface area contributed by atoms with Crippen molar-refractivity contribution < 1.29 is 19.1 Å². The van der Waals surface area contributed by atoms with Crippen LogP contribution >= 0.6 is 11.6 Å². The zero-order chi connectivity index (χ0) is 18.4. The molecule has 1 aromatic carbocycles. The van der Waals surface area contributed by atoms with Crippen molar-refractivity contribution in [1.29, 1.82) is 0 Å². The number of halogens is 1. The summed E-state index contributed by atoms with van der Waals surface area (Å²) in [4.78, 5) is 37.3. The van der Waals surface area contributed by atoms with Crippen LogP contribution in [0.5, 0.6) is 0 Å². The second-order valence-corrected chi connectivity index (χ2v) is 6.73. The molecule has 0 heterocycles. The summed E-state index contributed by atoms with van der Waals surface area (Å²) < 4.78 is 5.32. The van der Waals surface area contributed by atoms with Gasteiger partial charge in [0.05, 0.1) is 12.0 Å². The Morgan fingerprint density at radius 3 is 2.36 bits per heavy atom. The Hall–Kier alpha value is -2.08. The Morgan fingerprint density at radius 1 is 1.20 bits per heavy atom. The Labute approximate surface area is 152 Å². The van der Waals surface area contributed by atoms with Crippen molar-refractivity contribution in [3.63, 3.8) is 0 Å². The minimum absolute atomic E-state index is 0.0742. The number of hydrogen-bond donors (Lipinski definition) is 1. The molecular weight excluding hydrogens is 344 g/mol. The number of carbonyl (C=O) groups is 3. The minimum Gasteiger partial charge on any atom is -0.455 e. The molecule has 2 rings (SSSR count). The van der Waals surface area contributed by atoms with Crippen LogP contribution in [-0.4, -0.2) is 49.9 Å². The Morgan fingerprint density at radius 2 is 1.80 bits per heavy atom. The molecule has 136 valence electrons. The zero-order valence-corrected chi connectivity index (χ0v) is 15.3. The maximum atomic E-state index is 12.8. The molecule has 2 amide bonds. The van der Waals surface area contributed by atoms with Crippen molar-refractivity contribution in [3.8, 4) is 0 Å². The lowest BCUT2D eigenvalue weighted by Crippen LogP contribution is -2.41. The molecule has 25 heavy (non-hydrogen) atoms. The third kappa shape index (κ3) is 4.51. The second-order valence-electron chi connectivity index (χ2n) is 6.30. The largest absolute Gasteiger partial charge is 0.455 e. The van der Waals surface area contributed by atoms with E-state index in [9.17, 15) is 14.4 Å². The van der Waals surface area contributed by atoms with Crippen molar-refractivity contribution in [2.45, 2.75) is 31.1 Å². The average Bonchev–Trinajstić information content (AvgIpc) is 3.10. The van der Waals surface area contributed by atoms with E-state index in [1.807, 2.05) is 12.1 Å². The molecular formula is C18H23ClN2O4. The molecule has 7 heteroatoms.